The van der Waals surface area contributed by atoms with Crippen molar-refractivity contribution in [1.29, 1.82) is 0 Å². The molecule has 0 radical (unpaired) electrons. The predicted molar refractivity (Wildman–Crippen MR) is 90.2 cm³/mol. The van der Waals surface area contributed by atoms with Crippen molar-refractivity contribution in [2.75, 3.05) is 6.61 Å². The molecule has 0 heterocycles. The number of nitrogens with two attached hydrogens (primary N) is 1. The lowest BCUT2D eigenvalue weighted by molar-refractivity contribution is -0.145. The highest BCUT2D eigenvalue weighted by molar-refractivity contribution is 7.92. The van der Waals surface area contributed by atoms with E-state index in [9.17, 15) is 13.2 Å². The molecule has 0 bridgehead atoms. The topological polar surface area (TPSA) is 86.5 Å². The maximum atomic E-state index is 13.0. The van der Waals surface area contributed by atoms with Crippen LogP contribution in [-0.4, -0.2) is 31.8 Å². The lowest BCUT2D eigenvalue weighted by Gasteiger charge is -2.11. The molecule has 2 aromatic carbocycles. The van der Waals surface area contributed by atoms with E-state index in [0.717, 1.165) is 5.56 Å². The number of carbonyl (C=O) groups is 1. The van der Waals surface area contributed by atoms with Gasteiger partial charge in [0.05, 0.1) is 11.5 Å². The van der Waals surface area contributed by atoms with Gasteiger partial charge in [-0.25, -0.2) is 13.2 Å². The van der Waals surface area contributed by atoms with Crippen molar-refractivity contribution in [3.8, 4) is 0 Å². The van der Waals surface area contributed by atoms with Crippen LogP contribution in [-0.2, 0) is 19.4 Å². The van der Waals surface area contributed by atoms with Crippen LogP contribution in [0.15, 0.2) is 65.6 Å². The molecule has 1 aliphatic rings. The first-order chi connectivity index (χ1) is 11.4. The molecule has 2 N–H and O–H groups in total. The van der Waals surface area contributed by atoms with Gasteiger partial charge in [-0.05, 0) is 24.6 Å². The van der Waals surface area contributed by atoms with E-state index in [4.69, 9.17) is 10.5 Å². The van der Waals surface area contributed by atoms with Gasteiger partial charge in [0.1, 0.15) is 10.8 Å². The van der Waals surface area contributed by atoms with E-state index in [1.807, 2.05) is 6.07 Å². The molecule has 0 spiro atoms. The Morgan fingerprint density at radius 2 is 1.62 bits per heavy atom. The maximum Gasteiger partial charge on any atom is 0.328 e. The van der Waals surface area contributed by atoms with Gasteiger partial charge in [0.25, 0.3) is 0 Å². The van der Waals surface area contributed by atoms with Crippen LogP contribution in [0, 0.1) is 0 Å². The summed E-state index contributed by atoms with van der Waals surface area (Å²) in [5.41, 5.74) is 5.42. The first-order valence-electron chi connectivity index (χ1n) is 7.74. The molecule has 3 atom stereocenters. The van der Waals surface area contributed by atoms with Crippen LogP contribution in [0.3, 0.4) is 0 Å². The molecule has 0 saturated heterocycles. The van der Waals surface area contributed by atoms with Crippen LogP contribution in [0.5, 0.6) is 0 Å². The quantitative estimate of drug-likeness (QED) is 0.836. The largest absolute Gasteiger partial charge is 0.465 e. The average Bonchev–Trinajstić information content (AvgIpc) is 3.25. The van der Waals surface area contributed by atoms with Crippen molar-refractivity contribution < 1.29 is 17.9 Å². The molecule has 3 unspecified atom stereocenters. The van der Waals surface area contributed by atoms with Crippen molar-refractivity contribution in [1.82, 2.24) is 0 Å². The molecule has 0 aliphatic heterocycles. The zero-order chi connectivity index (χ0) is 17.4. The normalized spacial score (nSPS) is 25.9. The molecule has 1 fully saturated rings. The molecule has 3 rings (SSSR count). The fourth-order valence-electron chi connectivity index (χ4n) is 3.18. The van der Waals surface area contributed by atoms with Crippen LogP contribution < -0.4 is 5.73 Å². The van der Waals surface area contributed by atoms with Crippen LogP contribution >= 0.6 is 0 Å². The Bertz CT molecular complexity index is 836. The summed E-state index contributed by atoms with van der Waals surface area (Å²) in [4.78, 5) is 12.5. The maximum absolute atomic E-state index is 13.0. The number of esters is 1. The highest BCUT2D eigenvalue weighted by Crippen LogP contribution is 2.56. The Morgan fingerprint density at radius 3 is 2.17 bits per heavy atom. The summed E-state index contributed by atoms with van der Waals surface area (Å²) in [5, 5.41) is -1.03. The Kier molecular flexibility index (Phi) is 4.19. The Balaban J connectivity index is 2.06. The van der Waals surface area contributed by atoms with Crippen molar-refractivity contribution in [2.24, 2.45) is 5.73 Å². The Labute approximate surface area is 141 Å². The van der Waals surface area contributed by atoms with Gasteiger partial charge in [-0.2, -0.15) is 0 Å². The van der Waals surface area contributed by atoms with E-state index >= 15 is 0 Å². The van der Waals surface area contributed by atoms with Crippen molar-refractivity contribution in [3.63, 3.8) is 0 Å². The SMILES string of the molecule is CCOC(=O)C1(N)C(c2ccccc2)C1S(=O)(=O)c1ccccc1. The van der Waals surface area contributed by atoms with Gasteiger partial charge in [-0.3, -0.25) is 0 Å². The van der Waals surface area contributed by atoms with Gasteiger partial charge in [-0.1, -0.05) is 48.5 Å². The van der Waals surface area contributed by atoms with Crippen LogP contribution in [0.25, 0.3) is 0 Å². The lowest BCUT2D eigenvalue weighted by Crippen LogP contribution is -2.41. The summed E-state index contributed by atoms with van der Waals surface area (Å²) in [5.74, 6) is -1.30. The number of sulfone groups is 1. The van der Waals surface area contributed by atoms with Crippen molar-refractivity contribution >= 4 is 15.8 Å². The highest BCUT2D eigenvalue weighted by Gasteiger charge is 2.74. The standard InChI is InChI=1S/C18H19NO4S/c1-2-23-17(20)18(19)15(13-9-5-3-6-10-13)16(18)24(21,22)14-11-7-4-8-12-14/h3-12,15-16H,2,19H2,1H3. The predicted octanol–water partition coefficient (Wildman–Crippen LogP) is 1.89. The second kappa shape index (κ2) is 6.03. The third kappa shape index (κ3) is 2.52. The molecule has 6 heteroatoms. The van der Waals surface area contributed by atoms with Gasteiger partial charge in [-0.15, -0.1) is 0 Å². The zero-order valence-corrected chi connectivity index (χ0v) is 14.1. The number of hydrogen-bond donors (Lipinski definition) is 1. The van der Waals surface area contributed by atoms with Gasteiger partial charge < -0.3 is 10.5 Å². The van der Waals surface area contributed by atoms with Crippen LogP contribution in [0.4, 0.5) is 0 Å². The zero-order valence-electron chi connectivity index (χ0n) is 13.3. The fourth-order valence-corrected chi connectivity index (χ4v) is 5.43. The van der Waals surface area contributed by atoms with E-state index in [0.29, 0.717) is 0 Å². The van der Waals surface area contributed by atoms with E-state index in [1.165, 1.54) is 12.1 Å². The van der Waals surface area contributed by atoms with Gasteiger partial charge in [0.2, 0.25) is 0 Å². The van der Waals surface area contributed by atoms with Crippen LogP contribution in [0.2, 0.25) is 0 Å². The molecular weight excluding hydrogens is 326 g/mol. The second-order valence-electron chi connectivity index (χ2n) is 5.82. The molecule has 0 aromatic heterocycles. The first-order valence-corrected chi connectivity index (χ1v) is 9.28. The van der Waals surface area contributed by atoms with E-state index in [1.54, 1.807) is 49.4 Å². The van der Waals surface area contributed by atoms with Gasteiger partial charge >= 0.3 is 5.97 Å². The molecule has 126 valence electrons. The minimum Gasteiger partial charge on any atom is -0.465 e. The Hall–Kier alpha value is -2.18. The van der Waals surface area contributed by atoms with E-state index in [-0.39, 0.29) is 11.5 Å². The summed E-state index contributed by atoms with van der Waals surface area (Å²) >= 11 is 0. The summed E-state index contributed by atoms with van der Waals surface area (Å²) in [7, 11) is -3.76. The van der Waals surface area contributed by atoms with Crippen molar-refractivity contribution in [3.05, 3.63) is 66.2 Å². The average molecular weight is 345 g/mol. The molecule has 24 heavy (non-hydrogen) atoms. The first kappa shape index (κ1) is 16.7. The molecule has 1 saturated carbocycles. The summed E-state index contributed by atoms with van der Waals surface area (Å²) in [6, 6.07) is 17.1. The minimum absolute atomic E-state index is 0.150. The monoisotopic (exact) mass is 345 g/mol. The highest BCUT2D eigenvalue weighted by atomic mass is 32.2. The third-order valence-corrected chi connectivity index (χ3v) is 6.63. The lowest BCUT2D eigenvalue weighted by atomic mass is 10.1. The van der Waals surface area contributed by atoms with Crippen molar-refractivity contribution in [2.45, 2.75) is 28.5 Å². The number of rotatable bonds is 5. The Morgan fingerprint density at radius 1 is 1.08 bits per heavy atom. The number of carbonyl (C=O) groups excluding carboxylic acids is 1. The van der Waals surface area contributed by atoms with Crippen LogP contribution in [0.1, 0.15) is 18.4 Å². The van der Waals surface area contributed by atoms with Gasteiger partial charge in [0.15, 0.2) is 9.84 Å². The third-order valence-electron chi connectivity index (χ3n) is 4.37. The molecule has 1 aliphatic carbocycles. The molecular formula is C18H19NO4S. The molecule has 2 aromatic rings. The minimum atomic E-state index is -3.76. The summed E-state index contributed by atoms with van der Waals surface area (Å²) in [6.45, 7) is 1.82. The number of ether oxygens (including phenoxy) is 1. The van der Waals surface area contributed by atoms with Gasteiger partial charge in [0, 0.05) is 5.92 Å². The fraction of sp³-hybridized carbons (Fsp3) is 0.278. The van der Waals surface area contributed by atoms with E-state index in [2.05, 4.69) is 0 Å². The second-order valence-corrected chi connectivity index (χ2v) is 7.89. The molecule has 5 nitrogen and oxygen atoms in total. The summed E-state index contributed by atoms with van der Waals surface area (Å²) in [6.07, 6.45) is 0. The smallest absolute Gasteiger partial charge is 0.328 e. The summed E-state index contributed by atoms with van der Waals surface area (Å²) < 4.78 is 31.1. The number of hydrogen-bond acceptors (Lipinski definition) is 5. The van der Waals surface area contributed by atoms with E-state index < -0.39 is 32.5 Å². The molecule has 0 amide bonds. The number of benzene rings is 2.